The van der Waals surface area contributed by atoms with Crippen LogP contribution in [-0.4, -0.2) is 42.4 Å². The predicted molar refractivity (Wildman–Crippen MR) is 80.2 cm³/mol. The Hall–Kier alpha value is -1.30. The zero-order chi connectivity index (χ0) is 15.9. The first kappa shape index (κ1) is 17.8. The quantitative estimate of drug-likeness (QED) is 0.672. The summed E-state index contributed by atoms with van der Waals surface area (Å²) in [4.78, 5) is 23.6. The predicted octanol–water partition coefficient (Wildman–Crippen LogP) is 2.13. The summed E-state index contributed by atoms with van der Waals surface area (Å²) < 4.78 is 4.96. The van der Waals surface area contributed by atoms with Crippen LogP contribution in [0.5, 0.6) is 0 Å². The number of carboxylic acid groups (broad SMARTS) is 1. The average Bonchev–Trinajstić information content (AvgIpc) is 2.45. The normalized spacial score (nSPS) is 26.9. The van der Waals surface area contributed by atoms with E-state index in [0.717, 1.165) is 19.3 Å². The third-order valence-corrected chi connectivity index (χ3v) is 4.43. The summed E-state index contributed by atoms with van der Waals surface area (Å²) in [6, 6.07) is -0.460. The summed E-state index contributed by atoms with van der Waals surface area (Å²) in [5.74, 6) is -0.361. The second-order valence-electron chi connectivity index (χ2n) is 6.02. The van der Waals surface area contributed by atoms with Crippen molar-refractivity contribution in [3.05, 3.63) is 0 Å². The van der Waals surface area contributed by atoms with Gasteiger partial charge in [0.1, 0.15) is 5.54 Å². The molecule has 1 saturated carbocycles. The minimum Gasteiger partial charge on any atom is -0.480 e. The summed E-state index contributed by atoms with van der Waals surface area (Å²) in [6.45, 7) is 4.56. The molecule has 6 nitrogen and oxygen atoms in total. The number of amides is 2. The largest absolute Gasteiger partial charge is 0.480 e. The molecule has 0 radical (unpaired) electrons. The summed E-state index contributed by atoms with van der Waals surface area (Å²) in [5.41, 5.74) is -1.11. The van der Waals surface area contributed by atoms with Crippen LogP contribution in [0, 0.1) is 5.92 Å². The first-order valence-electron chi connectivity index (χ1n) is 7.74. The molecule has 0 aromatic rings. The number of carboxylic acids is 1. The number of nitrogens with one attached hydrogen (secondary N) is 2. The SMILES string of the molecule is CCC1CCC(NC(=O)NC(C)CCOC)(C(=O)O)CC1. The number of ether oxygens (including phenoxy) is 1. The minimum atomic E-state index is -1.11. The van der Waals surface area contributed by atoms with E-state index in [1.165, 1.54) is 0 Å². The summed E-state index contributed by atoms with van der Waals surface area (Å²) in [5, 5.41) is 15.0. The molecule has 0 aromatic carbocycles. The Morgan fingerprint density at radius 1 is 1.38 bits per heavy atom. The maximum Gasteiger partial charge on any atom is 0.329 e. The highest BCUT2D eigenvalue weighted by Gasteiger charge is 2.43. The van der Waals surface area contributed by atoms with Crippen LogP contribution >= 0.6 is 0 Å². The number of hydrogen-bond donors (Lipinski definition) is 3. The van der Waals surface area contributed by atoms with E-state index in [1.807, 2.05) is 6.92 Å². The number of methoxy groups -OCH3 is 1. The van der Waals surface area contributed by atoms with E-state index in [-0.39, 0.29) is 6.04 Å². The van der Waals surface area contributed by atoms with Crippen LogP contribution in [0.4, 0.5) is 4.79 Å². The van der Waals surface area contributed by atoms with Crippen LogP contribution in [0.15, 0.2) is 0 Å². The average molecular weight is 300 g/mol. The lowest BCUT2D eigenvalue weighted by atomic mass is 9.75. The first-order valence-corrected chi connectivity index (χ1v) is 7.74. The molecule has 1 atom stereocenters. The highest BCUT2D eigenvalue weighted by Crippen LogP contribution is 2.33. The van der Waals surface area contributed by atoms with Crippen molar-refractivity contribution in [2.75, 3.05) is 13.7 Å². The molecule has 6 heteroatoms. The van der Waals surface area contributed by atoms with Crippen LogP contribution in [0.2, 0.25) is 0 Å². The molecule has 21 heavy (non-hydrogen) atoms. The smallest absolute Gasteiger partial charge is 0.329 e. The maximum absolute atomic E-state index is 12.0. The Kier molecular flexibility index (Phi) is 6.95. The molecule has 1 unspecified atom stereocenters. The highest BCUT2D eigenvalue weighted by atomic mass is 16.5. The van der Waals surface area contributed by atoms with E-state index < -0.39 is 17.5 Å². The number of hydrogen-bond acceptors (Lipinski definition) is 3. The van der Waals surface area contributed by atoms with E-state index in [2.05, 4.69) is 17.6 Å². The Morgan fingerprint density at radius 3 is 2.48 bits per heavy atom. The minimum absolute atomic E-state index is 0.0530. The van der Waals surface area contributed by atoms with Crippen molar-refractivity contribution < 1.29 is 19.4 Å². The molecule has 3 N–H and O–H groups in total. The first-order chi connectivity index (χ1) is 9.93. The number of carbonyl (C=O) groups excluding carboxylic acids is 1. The second-order valence-corrected chi connectivity index (χ2v) is 6.02. The van der Waals surface area contributed by atoms with Crippen LogP contribution < -0.4 is 10.6 Å². The molecule has 0 aromatic heterocycles. The molecule has 1 aliphatic rings. The van der Waals surface area contributed by atoms with E-state index in [0.29, 0.717) is 31.8 Å². The van der Waals surface area contributed by atoms with Crippen molar-refractivity contribution in [2.45, 2.75) is 64.0 Å². The van der Waals surface area contributed by atoms with Gasteiger partial charge in [0.15, 0.2) is 0 Å². The van der Waals surface area contributed by atoms with Gasteiger partial charge in [-0.3, -0.25) is 0 Å². The van der Waals surface area contributed by atoms with Gasteiger partial charge in [0.05, 0.1) is 0 Å². The Balaban J connectivity index is 2.55. The third-order valence-electron chi connectivity index (χ3n) is 4.43. The monoisotopic (exact) mass is 300 g/mol. The molecule has 2 amide bonds. The lowest BCUT2D eigenvalue weighted by Gasteiger charge is -2.37. The fourth-order valence-corrected chi connectivity index (χ4v) is 2.81. The van der Waals surface area contributed by atoms with Gasteiger partial charge in [0.2, 0.25) is 0 Å². The molecular weight excluding hydrogens is 272 g/mol. The molecule has 122 valence electrons. The highest BCUT2D eigenvalue weighted by molar-refractivity contribution is 5.86. The molecule has 1 aliphatic carbocycles. The molecular formula is C15H28N2O4. The van der Waals surface area contributed by atoms with Gasteiger partial charge in [-0.15, -0.1) is 0 Å². The fraction of sp³-hybridized carbons (Fsp3) is 0.867. The molecule has 0 bridgehead atoms. The van der Waals surface area contributed by atoms with Crippen LogP contribution in [0.1, 0.15) is 52.4 Å². The van der Waals surface area contributed by atoms with Crippen molar-refractivity contribution in [3.8, 4) is 0 Å². The third kappa shape index (κ3) is 5.19. The van der Waals surface area contributed by atoms with Crippen LogP contribution in [-0.2, 0) is 9.53 Å². The summed E-state index contributed by atoms with van der Waals surface area (Å²) in [6.07, 6.45) is 4.46. The lowest BCUT2D eigenvalue weighted by Crippen LogP contribution is -2.59. The van der Waals surface area contributed by atoms with Crippen molar-refractivity contribution >= 4 is 12.0 Å². The van der Waals surface area contributed by atoms with Gasteiger partial charge in [-0.25, -0.2) is 9.59 Å². The van der Waals surface area contributed by atoms with Gasteiger partial charge in [-0.1, -0.05) is 13.3 Å². The Morgan fingerprint density at radius 2 is 2.00 bits per heavy atom. The molecule has 0 heterocycles. The molecule has 0 spiro atoms. The summed E-state index contributed by atoms with van der Waals surface area (Å²) >= 11 is 0. The zero-order valence-corrected chi connectivity index (χ0v) is 13.3. The van der Waals surface area contributed by atoms with Gasteiger partial charge >= 0.3 is 12.0 Å². The number of carbonyl (C=O) groups is 2. The summed E-state index contributed by atoms with van der Waals surface area (Å²) in [7, 11) is 1.61. The lowest BCUT2D eigenvalue weighted by molar-refractivity contribution is -0.146. The molecule has 0 saturated heterocycles. The molecule has 0 aliphatic heterocycles. The van der Waals surface area contributed by atoms with Crippen LogP contribution in [0.3, 0.4) is 0 Å². The second kappa shape index (κ2) is 8.22. The van der Waals surface area contributed by atoms with Crippen molar-refractivity contribution in [1.29, 1.82) is 0 Å². The van der Waals surface area contributed by atoms with Crippen LogP contribution in [0.25, 0.3) is 0 Å². The van der Waals surface area contributed by atoms with Gasteiger partial charge in [-0.2, -0.15) is 0 Å². The molecule has 1 fully saturated rings. The van der Waals surface area contributed by atoms with Gasteiger partial charge in [0, 0.05) is 19.8 Å². The zero-order valence-electron chi connectivity index (χ0n) is 13.3. The van der Waals surface area contributed by atoms with E-state index in [9.17, 15) is 14.7 Å². The number of urea groups is 1. The van der Waals surface area contributed by atoms with E-state index in [1.54, 1.807) is 7.11 Å². The van der Waals surface area contributed by atoms with Gasteiger partial charge < -0.3 is 20.5 Å². The Labute approximate surface area is 126 Å². The van der Waals surface area contributed by atoms with Gasteiger partial charge in [-0.05, 0) is 44.9 Å². The number of rotatable bonds is 7. The number of aliphatic carboxylic acids is 1. The maximum atomic E-state index is 12.0. The molecule has 1 rings (SSSR count). The van der Waals surface area contributed by atoms with E-state index >= 15 is 0 Å². The van der Waals surface area contributed by atoms with Crippen molar-refractivity contribution in [1.82, 2.24) is 10.6 Å². The van der Waals surface area contributed by atoms with Crippen molar-refractivity contribution in [3.63, 3.8) is 0 Å². The fourth-order valence-electron chi connectivity index (χ4n) is 2.81. The topological polar surface area (TPSA) is 87.7 Å². The standard InChI is InChI=1S/C15H28N2O4/c1-4-12-5-8-15(9-6-12,13(18)19)17-14(20)16-11(2)7-10-21-3/h11-12H,4-10H2,1-3H3,(H,18,19)(H2,16,17,20). The van der Waals surface area contributed by atoms with Crippen molar-refractivity contribution in [2.24, 2.45) is 5.92 Å². The van der Waals surface area contributed by atoms with Gasteiger partial charge in [0.25, 0.3) is 0 Å². The Bertz CT molecular complexity index is 352. The van der Waals surface area contributed by atoms with E-state index in [4.69, 9.17) is 4.74 Å².